The number of hydrogen-bond acceptors (Lipinski definition) is 6. The summed E-state index contributed by atoms with van der Waals surface area (Å²) in [7, 11) is 0. The van der Waals surface area contributed by atoms with E-state index in [0.717, 1.165) is 42.0 Å². The molecule has 1 aliphatic carbocycles. The van der Waals surface area contributed by atoms with Gasteiger partial charge in [0.05, 0.1) is 5.54 Å². The van der Waals surface area contributed by atoms with Crippen LogP contribution >= 0.6 is 0 Å². The highest BCUT2D eigenvalue weighted by Crippen LogP contribution is 2.40. The number of nitrogens with one attached hydrogen (secondary N) is 2. The van der Waals surface area contributed by atoms with Crippen LogP contribution in [0.3, 0.4) is 0 Å². The van der Waals surface area contributed by atoms with Gasteiger partial charge >= 0.3 is 0 Å². The molecular weight excluding hydrogens is 414 g/mol. The van der Waals surface area contributed by atoms with E-state index >= 15 is 0 Å². The normalized spacial score (nSPS) is 20.5. The Hall–Kier alpha value is -3.68. The van der Waals surface area contributed by atoms with Gasteiger partial charge in [0.15, 0.2) is 17.4 Å². The molecule has 168 valence electrons. The fourth-order valence-corrected chi connectivity index (χ4v) is 4.80. The molecule has 33 heavy (non-hydrogen) atoms. The summed E-state index contributed by atoms with van der Waals surface area (Å²) < 4.78 is 1.82. The molecule has 1 saturated heterocycles. The number of carbonyl (C=O) groups is 1. The number of anilines is 3. The second kappa shape index (κ2) is 7.72. The first kappa shape index (κ1) is 20.0. The minimum absolute atomic E-state index is 0.193. The quantitative estimate of drug-likeness (QED) is 0.446. The highest BCUT2D eigenvalue weighted by Gasteiger charge is 2.44. The zero-order valence-electron chi connectivity index (χ0n) is 18.7. The van der Waals surface area contributed by atoms with E-state index in [1.807, 2.05) is 60.1 Å². The average Bonchev–Trinajstić information content (AvgIpc) is 3.20. The first-order valence-corrected chi connectivity index (χ1v) is 11.6. The van der Waals surface area contributed by atoms with Crippen LogP contribution in [0.2, 0.25) is 0 Å². The van der Waals surface area contributed by atoms with Crippen LogP contribution in [0.15, 0.2) is 54.7 Å². The molecule has 2 N–H and O–H groups in total. The van der Waals surface area contributed by atoms with Gasteiger partial charge < -0.3 is 10.2 Å². The third kappa shape index (κ3) is 3.65. The minimum Gasteiger partial charge on any atom is -0.327 e. The predicted molar refractivity (Wildman–Crippen MR) is 127 cm³/mol. The number of H-pyrrole nitrogens is 1. The molecule has 0 radical (unpaired) electrons. The van der Waals surface area contributed by atoms with E-state index in [4.69, 9.17) is 10.1 Å². The number of aromatic nitrogens is 5. The Bertz CT molecular complexity index is 1310. The number of fused-ring (bicyclic) bond motifs is 1. The van der Waals surface area contributed by atoms with Gasteiger partial charge in [0, 0.05) is 36.8 Å². The van der Waals surface area contributed by atoms with E-state index in [9.17, 15) is 4.79 Å². The monoisotopic (exact) mass is 441 g/mol. The molecule has 0 unspecified atom stereocenters. The van der Waals surface area contributed by atoms with E-state index in [0.29, 0.717) is 24.1 Å². The Morgan fingerprint density at radius 2 is 2.06 bits per heavy atom. The Morgan fingerprint density at radius 3 is 2.88 bits per heavy atom. The number of carbonyl (C=O) groups excluding carboxylic acids is 1. The largest absolute Gasteiger partial charge is 0.327 e. The maximum atomic E-state index is 13.4. The Labute approximate surface area is 192 Å². The molecule has 1 atom stereocenters. The van der Waals surface area contributed by atoms with Crippen molar-refractivity contribution in [2.75, 3.05) is 16.8 Å². The van der Waals surface area contributed by atoms with E-state index in [1.165, 1.54) is 12.8 Å². The van der Waals surface area contributed by atoms with Crippen molar-refractivity contribution < 1.29 is 4.79 Å². The molecule has 8 nitrogen and oxygen atoms in total. The van der Waals surface area contributed by atoms with Crippen LogP contribution in [0.4, 0.5) is 17.6 Å². The fraction of sp³-hybridized carbons (Fsp3) is 0.360. The van der Waals surface area contributed by atoms with Crippen LogP contribution in [-0.2, 0) is 11.2 Å². The molecule has 4 heterocycles. The Balaban J connectivity index is 1.32. The fourth-order valence-electron chi connectivity index (χ4n) is 4.80. The summed E-state index contributed by atoms with van der Waals surface area (Å²) in [6.07, 6.45) is 6.46. The SMILES string of the molecule is C[C@@]1(C(=O)Cc2ccccc2)CCCN1c1nc(Nc2cc(C3CC3)[nH]n2)c2cccn2n1. The lowest BCUT2D eigenvalue weighted by Gasteiger charge is -2.34. The lowest BCUT2D eigenvalue weighted by molar-refractivity contribution is -0.122. The van der Waals surface area contributed by atoms with Crippen LogP contribution < -0.4 is 10.2 Å². The molecule has 8 heteroatoms. The topological polar surface area (TPSA) is 91.2 Å². The van der Waals surface area contributed by atoms with Crippen LogP contribution in [0, 0.1) is 0 Å². The summed E-state index contributed by atoms with van der Waals surface area (Å²) in [5.41, 5.74) is 2.42. The van der Waals surface area contributed by atoms with E-state index in [1.54, 1.807) is 0 Å². The predicted octanol–water partition coefficient (Wildman–Crippen LogP) is 4.24. The number of hydrogen-bond donors (Lipinski definition) is 2. The molecule has 1 aliphatic heterocycles. The number of Topliss-reactive ketones (excluding diaryl/α,β-unsaturated/α-hetero) is 1. The third-order valence-corrected chi connectivity index (χ3v) is 6.93. The molecule has 0 amide bonds. The Kier molecular flexibility index (Phi) is 4.67. The van der Waals surface area contributed by atoms with Gasteiger partial charge in [0.2, 0.25) is 5.95 Å². The van der Waals surface area contributed by atoms with Gasteiger partial charge in [0.1, 0.15) is 5.52 Å². The molecule has 6 rings (SSSR count). The molecule has 1 saturated carbocycles. The standard InChI is InChI=1S/C25H27N7O/c1-25(21(33)15-17-7-3-2-4-8-17)12-6-13-31(25)24-27-23(20-9-5-14-32(20)30-24)26-22-16-19(28-29-22)18-10-11-18/h2-5,7-9,14,16,18H,6,10-13,15H2,1H3,(H2,26,27,28,29,30)/t25-/m0/s1. The van der Waals surface area contributed by atoms with Gasteiger partial charge in [-0.05, 0) is 50.3 Å². The number of benzene rings is 1. The minimum atomic E-state index is -0.639. The van der Waals surface area contributed by atoms with E-state index < -0.39 is 5.54 Å². The lowest BCUT2D eigenvalue weighted by atomic mass is 9.89. The molecule has 2 aliphatic rings. The van der Waals surface area contributed by atoms with E-state index in [2.05, 4.69) is 26.5 Å². The number of aromatic amines is 1. The summed E-state index contributed by atoms with van der Waals surface area (Å²) >= 11 is 0. The molecule has 3 aromatic heterocycles. The van der Waals surface area contributed by atoms with Gasteiger partial charge in [0.25, 0.3) is 0 Å². The van der Waals surface area contributed by atoms with Crippen molar-refractivity contribution in [1.82, 2.24) is 24.8 Å². The lowest BCUT2D eigenvalue weighted by Crippen LogP contribution is -2.49. The number of rotatable bonds is 7. The van der Waals surface area contributed by atoms with Crippen molar-refractivity contribution in [1.29, 1.82) is 0 Å². The van der Waals surface area contributed by atoms with Gasteiger partial charge in [-0.15, -0.1) is 5.10 Å². The van der Waals surface area contributed by atoms with E-state index in [-0.39, 0.29) is 5.78 Å². The van der Waals surface area contributed by atoms with Crippen LogP contribution in [0.1, 0.15) is 49.8 Å². The molecular formula is C25H27N7O. The summed E-state index contributed by atoms with van der Waals surface area (Å²) in [5, 5.41) is 15.7. The smallest absolute Gasteiger partial charge is 0.246 e. The summed E-state index contributed by atoms with van der Waals surface area (Å²) in [6.45, 7) is 2.77. The maximum absolute atomic E-state index is 13.4. The van der Waals surface area contributed by atoms with Gasteiger partial charge in [-0.2, -0.15) is 10.1 Å². The first-order valence-electron chi connectivity index (χ1n) is 11.6. The van der Waals surface area contributed by atoms with Crippen molar-refractivity contribution in [2.24, 2.45) is 0 Å². The van der Waals surface area contributed by atoms with Crippen molar-refractivity contribution in [3.05, 3.63) is 66.0 Å². The van der Waals surface area contributed by atoms with Crippen molar-refractivity contribution in [2.45, 2.75) is 50.5 Å². The van der Waals surface area contributed by atoms with Crippen LogP contribution in [-0.4, -0.2) is 42.7 Å². The van der Waals surface area contributed by atoms with Crippen LogP contribution in [0.25, 0.3) is 5.52 Å². The highest BCUT2D eigenvalue weighted by atomic mass is 16.1. The van der Waals surface area contributed by atoms with Crippen molar-refractivity contribution >= 4 is 28.9 Å². The second-order valence-corrected chi connectivity index (χ2v) is 9.32. The number of nitrogens with zero attached hydrogens (tertiary/aromatic N) is 5. The second-order valence-electron chi connectivity index (χ2n) is 9.32. The molecule has 0 bridgehead atoms. The first-order chi connectivity index (χ1) is 16.1. The summed E-state index contributed by atoms with van der Waals surface area (Å²) in [4.78, 5) is 20.4. The maximum Gasteiger partial charge on any atom is 0.246 e. The number of ketones is 1. The molecule has 2 fully saturated rings. The van der Waals surface area contributed by atoms with Gasteiger partial charge in [-0.3, -0.25) is 9.89 Å². The van der Waals surface area contributed by atoms with Crippen molar-refractivity contribution in [3.8, 4) is 0 Å². The molecule has 1 aromatic carbocycles. The summed E-state index contributed by atoms with van der Waals surface area (Å²) in [6, 6.07) is 15.9. The van der Waals surface area contributed by atoms with Gasteiger partial charge in [-0.1, -0.05) is 30.3 Å². The van der Waals surface area contributed by atoms with Gasteiger partial charge in [-0.25, -0.2) is 4.52 Å². The van der Waals surface area contributed by atoms with Crippen LogP contribution in [0.5, 0.6) is 0 Å². The highest BCUT2D eigenvalue weighted by molar-refractivity contribution is 5.93. The summed E-state index contributed by atoms with van der Waals surface area (Å²) in [5.74, 6) is 2.78. The zero-order chi connectivity index (χ0) is 22.4. The van der Waals surface area contributed by atoms with Crippen molar-refractivity contribution in [3.63, 3.8) is 0 Å². The Morgan fingerprint density at radius 1 is 1.21 bits per heavy atom. The molecule has 0 spiro atoms. The molecule has 4 aromatic rings. The zero-order valence-corrected chi connectivity index (χ0v) is 18.7. The third-order valence-electron chi connectivity index (χ3n) is 6.93. The average molecular weight is 442 g/mol.